The predicted molar refractivity (Wildman–Crippen MR) is 154 cm³/mol. The molecule has 1 aliphatic heterocycles. The lowest BCUT2D eigenvalue weighted by Gasteiger charge is -2.31. The molecule has 8 heteroatoms. The molecule has 1 saturated carbocycles. The van der Waals surface area contributed by atoms with E-state index in [0.29, 0.717) is 18.1 Å². The predicted octanol–water partition coefficient (Wildman–Crippen LogP) is 5.68. The molecule has 210 valence electrons. The minimum absolute atomic E-state index is 0.0558. The SMILES string of the molecule is CC(=O)NCc1cccc(C2OC(CC(=O)NC3CCCCC3)C(=O)N(CC(C)(C)C)c3ccc(Cl)cc32)c1. The van der Waals surface area contributed by atoms with Crippen LogP contribution in [0, 0.1) is 5.41 Å². The molecule has 3 amide bonds. The van der Waals surface area contributed by atoms with Gasteiger partial charge in [0.2, 0.25) is 11.8 Å². The largest absolute Gasteiger partial charge is 0.355 e. The fourth-order valence-electron chi connectivity index (χ4n) is 5.40. The summed E-state index contributed by atoms with van der Waals surface area (Å²) in [6.45, 7) is 8.55. The molecule has 2 aromatic carbocycles. The molecule has 2 unspecified atom stereocenters. The fourth-order valence-corrected chi connectivity index (χ4v) is 5.58. The van der Waals surface area contributed by atoms with Gasteiger partial charge in [-0.05, 0) is 47.6 Å². The van der Waals surface area contributed by atoms with Crippen molar-refractivity contribution in [2.75, 3.05) is 11.4 Å². The van der Waals surface area contributed by atoms with Gasteiger partial charge >= 0.3 is 0 Å². The molecular weight excluding hydrogens is 514 g/mol. The average Bonchev–Trinajstić information content (AvgIpc) is 2.98. The Kier molecular flexibility index (Phi) is 9.34. The summed E-state index contributed by atoms with van der Waals surface area (Å²) in [4.78, 5) is 40.5. The van der Waals surface area contributed by atoms with E-state index in [-0.39, 0.29) is 35.6 Å². The van der Waals surface area contributed by atoms with Crippen molar-refractivity contribution in [3.8, 4) is 0 Å². The van der Waals surface area contributed by atoms with Gasteiger partial charge in [-0.2, -0.15) is 0 Å². The van der Waals surface area contributed by atoms with E-state index in [1.54, 1.807) is 11.0 Å². The minimum Gasteiger partial charge on any atom is -0.355 e. The molecule has 1 heterocycles. The van der Waals surface area contributed by atoms with Gasteiger partial charge in [-0.3, -0.25) is 14.4 Å². The molecule has 0 saturated heterocycles. The van der Waals surface area contributed by atoms with Crippen LogP contribution in [0.5, 0.6) is 0 Å². The third kappa shape index (κ3) is 7.83. The lowest BCUT2D eigenvalue weighted by atomic mass is 9.94. The van der Waals surface area contributed by atoms with Gasteiger partial charge in [0.05, 0.1) is 6.42 Å². The average molecular weight is 554 g/mol. The van der Waals surface area contributed by atoms with Crippen LogP contribution in [0.4, 0.5) is 5.69 Å². The highest BCUT2D eigenvalue weighted by molar-refractivity contribution is 6.30. The molecule has 2 aliphatic rings. The zero-order chi connectivity index (χ0) is 28.2. The summed E-state index contributed by atoms with van der Waals surface area (Å²) in [5, 5.41) is 6.51. The lowest BCUT2D eigenvalue weighted by molar-refractivity contribution is -0.138. The normalized spacial score (nSPS) is 20.2. The van der Waals surface area contributed by atoms with Crippen LogP contribution in [0.2, 0.25) is 5.02 Å². The van der Waals surface area contributed by atoms with E-state index in [2.05, 4.69) is 31.4 Å². The molecule has 0 spiro atoms. The summed E-state index contributed by atoms with van der Waals surface area (Å²) in [7, 11) is 0. The first-order valence-electron chi connectivity index (χ1n) is 13.9. The standard InChI is InChI=1S/C31H40ClN3O4/c1-20(36)33-18-21-9-8-10-22(15-21)29-25-16-23(32)13-14-26(25)35(19-31(2,3)4)30(38)27(39-29)17-28(37)34-24-11-6-5-7-12-24/h8-10,13-16,24,27,29H,5-7,11-12,17-19H2,1-4H3,(H,33,36)(H,34,37). The number of benzene rings is 2. The minimum atomic E-state index is -0.967. The smallest absolute Gasteiger partial charge is 0.256 e. The molecule has 2 atom stereocenters. The van der Waals surface area contributed by atoms with Gasteiger partial charge in [-0.25, -0.2) is 0 Å². The topological polar surface area (TPSA) is 87.7 Å². The van der Waals surface area contributed by atoms with Gasteiger partial charge in [0.25, 0.3) is 5.91 Å². The van der Waals surface area contributed by atoms with Crippen LogP contribution in [0.1, 0.15) is 89.0 Å². The highest BCUT2D eigenvalue weighted by atomic mass is 35.5. The van der Waals surface area contributed by atoms with E-state index in [1.165, 1.54) is 13.3 Å². The second-order valence-corrected chi connectivity index (χ2v) is 12.4. The van der Waals surface area contributed by atoms with Crippen molar-refractivity contribution in [1.29, 1.82) is 0 Å². The number of carbonyl (C=O) groups is 3. The van der Waals surface area contributed by atoms with Crippen molar-refractivity contribution in [2.45, 2.75) is 91.0 Å². The zero-order valence-corrected chi connectivity index (χ0v) is 24.1. The highest BCUT2D eigenvalue weighted by Crippen LogP contribution is 2.41. The number of fused-ring (bicyclic) bond motifs is 1. The quantitative estimate of drug-likeness (QED) is 0.461. The molecule has 1 aliphatic carbocycles. The molecule has 1 fully saturated rings. The molecule has 0 radical (unpaired) electrons. The number of amides is 3. The fraction of sp³-hybridized carbons (Fsp3) is 0.516. The maximum atomic E-state index is 14.1. The summed E-state index contributed by atoms with van der Waals surface area (Å²) in [6.07, 6.45) is 3.70. The molecule has 0 aromatic heterocycles. The van der Waals surface area contributed by atoms with E-state index >= 15 is 0 Å². The van der Waals surface area contributed by atoms with Crippen LogP contribution in [0.3, 0.4) is 0 Å². The van der Waals surface area contributed by atoms with Crippen molar-refractivity contribution in [3.05, 3.63) is 64.2 Å². The van der Waals surface area contributed by atoms with Crippen LogP contribution in [-0.4, -0.2) is 36.4 Å². The van der Waals surface area contributed by atoms with Crippen LogP contribution >= 0.6 is 11.6 Å². The third-order valence-corrected chi connectivity index (χ3v) is 7.41. The first-order valence-corrected chi connectivity index (χ1v) is 14.3. The maximum Gasteiger partial charge on any atom is 0.256 e. The van der Waals surface area contributed by atoms with Crippen LogP contribution < -0.4 is 15.5 Å². The zero-order valence-electron chi connectivity index (χ0n) is 23.4. The van der Waals surface area contributed by atoms with Crippen molar-refractivity contribution < 1.29 is 19.1 Å². The summed E-state index contributed by atoms with van der Waals surface area (Å²) < 4.78 is 6.58. The van der Waals surface area contributed by atoms with E-state index in [0.717, 1.165) is 48.1 Å². The first-order chi connectivity index (χ1) is 18.5. The molecular formula is C31H40ClN3O4. The molecule has 0 bridgehead atoms. The Labute approximate surface area is 236 Å². The molecule has 2 aromatic rings. The lowest BCUT2D eigenvalue weighted by Crippen LogP contribution is -2.46. The van der Waals surface area contributed by atoms with E-state index in [1.807, 2.05) is 36.4 Å². The molecule has 2 N–H and O–H groups in total. The third-order valence-electron chi connectivity index (χ3n) is 7.17. The van der Waals surface area contributed by atoms with Gasteiger partial charge in [0, 0.05) is 42.3 Å². The second kappa shape index (κ2) is 12.5. The summed E-state index contributed by atoms with van der Waals surface area (Å²) in [5.74, 6) is -0.516. The maximum absolute atomic E-state index is 14.1. The van der Waals surface area contributed by atoms with Crippen molar-refractivity contribution in [3.63, 3.8) is 0 Å². The Balaban J connectivity index is 1.72. The van der Waals surface area contributed by atoms with Crippen LogP contribution in [0.15, 0.2) is 42.5 Å². The van der Waals surface area contributed by atoms with Crippen LogP contribution in [0.25, 0.3) is 0 Å². The number of rotatable bonds is 7. The number of hydrogen-bond acceptors (Lipinski definition) is 4. The molecule has 7 nitrogen and oxygen atoms in total. The van der Waals surface area contributed by atoms with Gasteiger partial charge in [0.15, 0.2) is 0 Å². The Bertz CT molecular complexity index is 1200. The molecule has 39 heavy (non-hydrogen) atoms. The number of nitrogens with zero attached hydrogens (tertiary/aromatic N) is 1. The van der Waals surface area contributed by atoms with Crippen molar-refractivity contribution >= 4 is 35.0 Å². The second-order valence-electron chi connectivity index (χ2n) is 12.0. The van der Waals surface area contributed by atoms with E-state index < -0.39 is 12.2 Å². The first kappa shape index (κ1) is 29.1. The number of carbonyl (C=O) groups excluding carboxylic acids is 3. The highest BCUT2D eigenvalue weighted by Gasteiger charge is 2.39. The number of hydrogen-bond donors (Lipinski definition) is 2. The number of anilines is 1. The van der Waals surface area contributed by atoms with Crippen molar-refractivity contribution in [1.82, 2.24) is 10.6 Å². The van der Waals surface area contributed by atoms with Gasteiger partial charge < -0.3 is 20.3 Å². The van der Waals surface area contributed by atoms with E-state index in [4.69, 9.17) is 16.3 Å². The summed E-state index contributed by atoms with van der Waals surface area (Å²) in [6, 6.07) is 13.4. The van der Waals surface area contributed by atoms with Gasteiger partial charge in [-0.15, -0.1) is 0 Å². The van der Waals surface area contributed by atoms with E-state index in [9.17, 15) is 14.4 Å². The summed E-state index contributed by atoms with van der Waals surface area (Å²) >= 11 is 6.47. The number of halogens is 1. The molecule has 4 rings (SSSR count). The Morgan fingerprint density at radius 2 is 1.82 bits per heavy atom. The van der Waals surface area contributed by atoms with Crippen LogP contribution in [-0.2, 0) is 25.7 Å². The summed E-state index contributed by atoms with van der Waals surface area (Å²) in [5.41, 5.74) is 3.03. The Morgan fingerprint density at radius 3 is 2.51 bits per heavy atom. The number of nitrogens with one attached hydrogen (secondary N) is 2. The van der Waals surface area contributed by atoms with Gasteiger partial charge in [-0.1, -0.05) is 75.9 Å². The monoisotopic (exact) mass is 553 g/mol. The Hall–Kier alpha value is -2.90. The van der Waals surface area contributed by atoms with Crippen molar-refractivity contribution in [2.24, 2.45) is 5.41 Å². The Morgan fingerprint density at radius 1 is 1.08 bits per heavy atom. The number of ether oxygens (including phenoxy) is 1. The van der Waals surface area contributed by atoms with Gasteiger partial charge in [0.1, 0.15) is 12.2 Å².